The third kappa shape index (κ3) is 3.83. The van der Waals surface area contributed by atoms with Gasteiger partial charge >= 0.3 is 6.03 Å². The van der Waals surface area contributed by atoms with Crippen LogP contribution in [0.3, 0.4) is 0 Å². The molecule has 2 heterocycles. The molecule has 1 unspecified atom stereocenters. The van der Waals surface area contributed by atoms with E-state index in [2.05, 4.69) is 40.2 Å². The maximum absolute atomic E-state index is 12.3. The second-order valence-corrected chi connectivity index (χ2v) is 6.98. The predicted molar refractivity (Wildman–Crippen MR) is 98.5 cm³/mol. The summed E-state index contributed by atoms with van der Waals surface area (Å²) < 4.78 is 0. The molecule has 1 aromatic carbocycles. The molecule has 3 N–H and O–H groups in total. The van der Waals surface area contributed by atoms with Crippen molar-refractivity contribution < 1.29 is 4.79 Å². The number of piperidine rings is 1. The van der Waals surface area contributed by atoms with Crippen molar-refractivity contribution in [3.63, 3.8) is 0 Å². The Morgan fingerprint density at radius 3 is 2.79 bits per heavy atom. The number of hydrogen-bond donors (Lipinski definition) is 3. The summed E-state index contributed by atoms with van der Waals surface area (Å²) in [6.07, 6.45) is 2.24. The molecule has 0 aromatic heterocycles. The van der Waals surface area contributed by atoms with E-state index in [4.69, 9.17) is 0 Å². The molecule has 2 amide bonds. The molecule has 1 aromatic rings. The second-order valence-electron chi connectivity index (χ2n) is 6.98. The first kappa shape index (κ1) is 17.1. The summed E-state index contributed by atoms with van der Waals surface area (Å²) in [4.78, 5) is 14.1. The molecule has 0 radical (unpaired) electrons. The predicted octanol–water partition coefficient (Wildman–Crippen LogP) is 2.62. The molecule has 0 aliphatic carbocycles. The molecule has 3 atom stereocenters. The van der Waals surface area contributed by atoms with Crippen LogP contribution in [0.25, 0.3) is 0 Å². The van der Waals surface area contributed by atoms with Gasteiger partial charge in [-0.05, 0) is 50.8 Å². The first-order valence-corrected chi connectivity index (χ1v) is 9.30. The molecular weight excluding hydrogens is 300 g/mol. The number of nitrogens with one attached hydrogen (secondary N) is 3. The van der Waals surface area contributed by atoms with Crippen LogP contribution >= 0.6 is 0 Å². The van der Waals surface area contributed by atoms with Gasteiger partial charge < -0.3 is 20.9 Å². The van der Waals surface area contributed by atoms with Crippen molar-refractivity contribution in [3.05, 3.63) is 29.8 Å². The Kier molecular flexibility index (Phi) is 5.61. The smallest absolute Gasteiger partial charge is 0.317 e. The fourth-order valence-corrected chi connectivity index (χ4v) is 4.07. The lowest BCUT2D eigenvalue weighted by molar-refractivity contribution is 0.191. The minimum atomic E-state index is 0.0697. The molecule has 24 heavy (non-hydrogen) atoms. The monoisotopic (exact) mass is 330 g/mol. The van der Waals surface area contributed by atoms with Gasteiger partial charge in [-0.3, -0.25) is 0 Å². The topological polar surface area (TPSA) is 56.4 Å². The maximum Gasteiger partial charge on any atom is 0.317 e. The van der Waals surface area contributed by atoms with Crippen molar-refractivity contribution in [1.29, 1.82) is 0 Å². The van der Waals surface area contributed by atoms with Crippen molar-refractivity contribution in [1.82, 2.24) is 15.5 Å². The largest absolute Gasteiger partial charge is 0.384 e. The van der Waals surface area contributed by atoms with Crippen LogP contribution in [0.4, 0.5) is 10.5 Å². The number of rotatable bonds is 5. The Bertz CT molecular complexity index is 558. The Labute approximate surface area is 145 Å². The minimum absolute atomic E-state index is 0.0697. The van der Waals surface area contributed by atoms with Crippen LogP contribution in [0, 0.1) is 5.92 Å². The normalized spacial score (nSPS) is 25.7. The van der Waals surface area contributed by atoms with Crippen LogP contribution in [0.2, 0.25) is 0 Å². The van der Waals surface area contributed by atoms with Gasteiger partial charge in [-0.2, -0.15) is 0 Å². The van der Waals surface area contributed by atoms with Gasteiger partial charge in [-0.25, -0.2) is 4.79 Å². The molecule has 2 aliphatic heterocycles. The van der Waals surface area contributed by atoms with Gasteiger partial charge in [0, 0.05) is 43.8 Å². The third-order valence-corrected chi connectivity index (χ3v) is 5.38. The van der Waals surface area contributed by atoms with E-state index in [9.17, 15) is 4.79 Å². The lowest BCUT2D eigenvalue weighted by atomic mass is 9.85. The minimum Gasteiger partial charge on any atom is -0.384 e. The summed E-state index contributed by atoms with van der Waals surface area (Å²) in [5.41, 5.74) is 2.74. The Hall–Kier alpha value is -1.75. The quantitative estimate of drug-likeness (QED) is 0.778. The highest BCUT2D eigenvalue weighted by Gasteiger charge is 2.29. The van der Waals surface area contributed by atoms with Gasteiger partial charge in [0.25, 0.3) is 0 Å². The highest BCUT2D eigenvalue weighted by Crippen LogP contribution is 2.36. The Morgan fingerprint density at radius 2 is 2.00 bits per heavy atom. The van der Waals surface area contributed by atoms with Crippen molar-refractivity contribution >= 4 is 11.7 Å². The molecular formula is C19H30N4O. The standard InChI is InChI=1S/C19H30N4O/c1-3-23(4-2)19(24)22-16-10-14(11-20-13-16)9-15-12-21-18-8-6-5-7-17(15)18/h5-8,14-16,20-21H,3-4,9-13H2,1-2H3,(H,22,24)/t14-,15?,16+/m1/s1. The molecule has 2 aliphatic rings. The first-order chi connectivity index (χ1) is 11.7. The molecule has 5 nitrogen and oxygen atoms in total. The lowest BCUT2D eigenvalue weighted by Crippen LogP contribution is -2.52. The van der Waals surface area contributed by atoms with Gasteiger partial charge in [0.05, 0.1) is 0 Å². The van der Waals surface area contributed by atoms with E-state index in [-0.39, 0.29) is 12.1 Å². The number of urea groups is 1. The van der Waals surface area contributed by atoms with E-state index >= 15 is 0 Å². The number of nitrogens with zero attached hydrogens (tertiary/aromatic N) is 1. The SMILES string of the molecule is CCN(CC)C(=O)N[C@@H]1CNC[C@H](CC2CNc3ccccc32)C1. The average Bonchev–Trinajstić information content (AvgIpc) is 2.99. The van der Waals surface area contributed by atoms with Gasteiger partial charge in [0.1, 0.15) is 0 Å². The van der Waals surface area contributed by atoms with E-state index < -0.39 is 0 Å². The van der Waals surface area contributed by atoms with Crippen LogP contribution in [0.15, 0.2) is 24.3 Å². The number of amides is 2. The summed E-state index contributed by atoms with van der Waals surface area (Å²) in [6, 6.07) is 8.94. The summed E-state index contributed by atoms with van der Waals surface area (Å²) in [6.45, 7) is 8.53. The molecule has 5 heteroatoms. The fourth-order valence-electron chi connectivity index (χ4n) is 4.07. The zero-order valence-electron chi connectivity index (χ0n) is 14.8. The molecule has 1 fully saturated rings. The second kappa shape index (κ2) is 7.88. The van der Waals surface area contributed by atoms with Crippen LogP contribution in [0.5, 0.6) is 0 Å². The van der Waals surface area contributed by atoms with Crippen molar-refractivity contribution in [3.8, 4) is 0 Å². The van der Waals surface area contributed by atoms with E-state index in [1.54, 1.807) is 0 Å². The van der Waals surface area contributed by atoms with Crippen molar-refractivity contribution in [2.75, 3.05) is 38.0 Å². The van der Waals surface area contributed by atoms with Crippen LogP contribution in [-0.2, 0) is 0 Å². The van der Waals surface area contributed by atoms with Crippen LogP contribution < -0.4 is 16.0 Å². The molecule has 1 saturated heterocycles. The number of benzene rings is 1. The number of carbonyl (C=O) groups is 1. The highest BCUT2D eigenvalue weighted by molar-refractivity contribution is 5.74. The van der Waals surface area contributed by atoms with Crippen LogP contribution in [0.1, 0.15) is 38.2 Å². The fraction of sp³-hybridized carbons (Fsp3) is 0.632. The number of fused-ring (bicyclic) bond motifs is 1. The molecule has 0 bridgehead atoms. The maximum atomic E-state index is 12.3. The van der Waals surface area contributed by atoms with Crippen molar-refractivity contribution in [2.24, 2.45) is 5.92 Å². The van der Waals surface area contributed by atoms with Gasteiger partial charge in [0.2, 0.25) is 0 Å². The van der Waals surface area contributed by atoms with Gasteiger partial charge in [0.15, 0.2) is 0 Å². The highest BCUT2D eigenvalue weighted by atomic mass is 16.2. The summed E-state index contributed by atoms with van der Waals surface area (Å²) >= 11 is 0. The zero-order valence-corrected chi connectivity index (χ0v) is 14.8. The Balaban J connectivity index is 1.54. The van der Waals surface area contributed by atoms with E-state index in [1.807, 2.05) is 18.7 Å². The molecule has 3 rings (SSSR count). The number of carbonyl (C=O) groups excluding carboxylic acids is 1. The zero-order chi connectivity index (χ0) is 16.9. The first-order valence-electron chi connectivity index (χ1n) is 9.30. The summed E-state index contributed by atoms with van der Waals surface area (Å²) in [5, 5.41) is 10.2. The van der Waals surface area contributed by atoms with E-state index in [0.29, 0.717) is 11.8 Å². The molecule has 0 saturated carbocycles. The van der Waals surface area contributed by atoms with E-state index in [0.717, 1.165) is 39.1 Å². The molecule has 132 valence electrons. The lowest BCUT2D eigenvalue weighted by Gasteiger charge is -2.33. The number of anilines is 1. The van der Waals surface area contributed by atoms with Gasteiger partial charge in [-0.15, -0.1) is 0 Å². The van der Waals surface area contributed by atoms with Crippen molar-refractivity contribution in [2.45, 2.75) is 38.6 Å². The Morgan fingerprint density at radius 1 is 1.21 bits per heavy atom. The van der Waals surface area contributed by atoms with Crippen LogP contribution in [-0.4, -0.2) is 49.7 Å². The molecule has 0 spiro atoms. The summed E-state index contributed by atoms with van der Waals surface area (Å²) in [5.74, 6) is 1.20. The number of para-hydroxylation sites is 1. The number of hydrogen-bond acceptors (Lipinski definition) is 3. The average molecular weight is 330 g/mol. The van der Waals surface area contributed by atoms with Gasteiger partial charge in [-0.1, -0.05) is 18.2 Å². The van der Waals surface area contributed by atoms with E-state index in [1.165, 1.54) is 17.7 Å². The summed E-state index contributed by atoms with van der Waals surface area (Å²) in [7, 11) is 0. The third-order valence-electron chi connectivity index (χ3n) is 5.38.